The van der Waals surface area contributed by atoms with Crippen molar-refractivity contribution in [3.05, 3.63) is 35.4 Å². The lowest BCUT2D eigenvalue weighted by atomic mass is 10.2. The predicted molar refractivity (Wildman–Crippen MR) is 78.0 cm³/mol. The number of nitrogens with one attached hydrogen (secondary N) is 1. The van der Waals surface area contributed by atoms with Gasteiger partial charge in [0.1, 0.15) is 5.82 Å². The van der Waals surface area contributed by atoms with Gasteiger partial charge >= 0.3 is 0 Å². The van der Waals surface area contributed by atoms with Crippen molar-refractivity contribution in [2.45, 2.75) is 32.2 Å². The second kappa shape index (κ2) is 4.54. The van der Waals surface area contributed by atoms with Gasteiger partial charge in [0.2, 0.25) is 0 Å². The fourth-order valence-corrected chi connectivity index (χ4v) is 2.40. The van der Waals surface area contributed by atoms with Gasteiger partial charge in [-0.2, -0.15) is 9.61 Å². The minimum absolute atomic E-state index is 0.531. The van der Waals surface area contributed by atoms with E-state index >= 15 is 0 Å². The first-order valence-corrected chi connectivity index (χ1v) is 7.16. The van der Waals surface area contributed by atoms with Crippen LogP contribution in [0.5, 0.6) is 0 Å². The van der Waals surface area contributed by atoms with Gasteiger partial charge in [-0.25, -0.2) is 0 Å². The first-order chi connectivity index (χ1) is 10.2. The molecule has 0 radical (unpaired) electrons. The molecule has 7 heteroatoms. The molecule has 0 aliphatic heterocycles. The summed E-state index contributed by atoms with van der Waals surface area (Å²) in [5.41, 5.74) is 3.14. The Bertz CT molecular complexity index is 797. The largest absolute Gasteiger partial charge is 0.364 e. The van der Waals surface area contributed by atoms with Crippen LogP contribution in [-0.4, -0.2) is 29.6 Å². The summed E-state index contributed by atoms with van der Waals surface area (Å²) in [6.07, 6.45) is 4.26. The van der Waals surface area contributed by atoms with Crippen LogP contribution in [0, 0.1) is 6.92 Å². The van der Waals surface area contributed by atoms with Gasteiger partial charge in [-0.05, 0) is 31.9 Å². The maximum Gasteiger partial charge on any atom is 0.178 e. The number of anilines is 1. The highest BCUT2D eigenvalue weighted by atomic mass is 15.4. The Morgan fingerprint density at radius 3 is 2.86 bits per heavy atom. The van der Waals surface area contributed by atoms with Crippen LogP contribution in [0.4, 0.5) is 5.82 Å². The van der Waals surface area contributed by atoms with Gasteiger partial charge in [0.15, 0.2) is 11.5 Å². The highest BCUT2D eigenvalue weighted by Gasteiger charge is 2.29. The normalized spacial score (nSPS) is 14.8. The number of fused-ring (bicyclic) bond motifs is 1. The van der Waals surface area contributed by atoms with Gasteiger partial charge in [0, 0.05) is 30.8 Å². The summed E-state index contributed by atoms with van der Waals surface area (Å²) in [5, 5.41) is 20.6. The van der Waals surface area contributed by atoms with E-state index in [0.717, 1.165) is 23.0 Å². The van der Waals surface area contributed by atoms with Crippen molar-refractivity contribution in [3.8, 4) is 0 Å². The summed E-state index contributed by atoms with van der Waals surface area (Å²) in [6, 6.07) is 3.89. The monoisotopic (exact) mass is 283 g/mol. The molecule has 0 spiro atoms. The van der Waals surface area contributed by atoms with Crippen molar-refractivity contribution in [2.75, 3.05) is 5.32 Å². The lowest BCUT2D eigenvalue weighted by Gasteiger charge is -2.06. The minimum atomic E-state index is 0.531. The first-order valence-electron chi connectivity index (χ1n) is 7.16. The zero-order valence-corrected chi connectivity index (χ0v) is 12.1. The number of rotatable bonds is 4. The Balaban J connectivity index is 1.58. The van der Waals surface area contributed by atoms with E-state index in [1.807, 2.05) is 34.6 Å². The number of hydrogen-bond acceptors (Lipinski definition) is 5. The molecule has 1 aliphatic carbocycles. The Kier molecular flexibility index (Phi) is 2.66. The maximum atomic E-state index is 4.60. The molecule has 21 heavy (non-hydrogen) atoms. The number of aryl methyl sites for hydroxylation is 1. The molecular formula is C14H17N7. The van der Waals surface area contributed by atoms with E-state index in [4.69, 9.17) is 0 Å². The van der Waals surface area contributed by atoms with Crippen molar-refractivity contribution in [3.63, 3.8) is 0 Å². The van der Waals surface area contributed by atoms with E-state index in [2.05, 4.69) is 32.6 Å². The molecule has 3 heterocycles. The summed E-state index contributed by atoms with van der Waals surface area (Å²) in [4.78, 5) is 0. The molecule has 0 aromatic carbocycles. The van der Waals surface area contributed by atoms with Crippen molar-refractivity contribution in [1.82, 2.24) is 29.6 Å². The third-order valence-corrected chi connectivity index (χ3v) is 4.03. The van der Waals surface area contributed by atoms with Gasteiger partial charge in [-0.3, -0.25) is 4.68 Å². The van der Waals surface area contributed by atoms with Crippen LogP contribution in [0.25, 0.3) is 5.65 Å². The van der Waals surface area contributed by atoms with Crippen LogP contribution in [0.3, 0.4) is 0 Å². The SMILES string of the molecule is Cc1c(CNc2ccc3nnc(C4CC4)n3n2)cnn1C. The predicted octanol–water partition coefficient (Wildman–Crippen LogP) is 1.66. The van der Waals surface area contributed by atoms with Crippen LogP contribution in [0.2, 0.25) is 0 Å². The minimum Gasteiger partial charge on any atom is -0.364 e. The van der Waals surface area contributed by atoms with E-state index in [1.165, 1.54) is 18.4 Å². The van der Waals surface area contributed by atoms with Gasteiger partial charge in [-0.15, -0.1) is 15.3 Å². The van der Waals surface area contributed by atoms with Gasteiger partial charge in [-0.1, -0.05) is 0 Å². The van der Waals surface area contributed by atoms with Gasteiger partial charge < -0.3 is 5.32 Å². The molecule has 7 nitrogen and oxygen atoms in total. The standard InChI is InChI=1S/C14H17N7/c1-9-11(8-16-20(9)2)7-15-12-5-6-13-17-18-14(10-3-4-10)21(13)19-12/h5-6,8,10H,3-4,7H2,1-2H3,(H,15,19). The van der Waals surface area contributed by atoms with Crippen LogP contribution < -0.4 is 5.32 Å². The second-order valence-corrected chi connectivity index (χ2v) is 5.55. The zero-order chi connectivity index (χ0) is 14.4. The zero-order valence-electron chi connectivity index (χ0n) is 12.1. The fourth-order valence-electron chi connectivity index (χ4n) is 2.40. The smallest absolute Gasteiger partial charge is 0.178 e. The Hall–Kier alpha value is -2.44. The van der Waals surface area contributed by atoms with E-state index in [-0.39, 0.29) is 0 Å². The van der Waals surface area contributed by atoms with Gasteiger partial charge in [0.25, 0.3) is 0 Å². The number of aromatic nitrogens is 6. The summed E-state index contributed by atoms with van der Waals surface area (Å²) in [6.45, 7) is 2.77. The molecule has 1 fully saturated rings. The summed E-state index contributed by atoms with van der Waals surface area (Å²) < 4.78 is 3.73. The number of nitrogens with zero attached hydrogens (tertiary/aromatic N) is 6. The highest BCUT2D eigenvalue weighted by Crippen LogP contribution is 2.38. The van der Waals surface area contributed by atoms with E-state index < -0.39 is 0 Å². The molecular weight excluding hydrogens is 266 g/mol. The summed E-state index contributed by atoms with van der Waals surface area (Å²) in [7, 11) is 1.95. The molecule has 1 aliphatic rings. The molecule has 3 aromatic rings. The van der Waals surface area contributed by atoms with Crippen molar-refractivity contribution < 1.29 is 0 Å². The Labute approximate surface area is 122 Å². The lowest BCUT2D eigenvalue weighted by molar-refractivity contribution is 0.738. The van der Waals surface area contributed by atoms with Crippen molar-refractivity contribution in [2.24, 2.45) is 7.05 Å². The average molecular weight is 283 g/mol. The summed E-state index contributed by atoms with van der Waals surface area (Å²) >= 11 is 0. The maximum absolute atomic E-state index is 4.60. The van der Waals surface area contributed by atoms with Crippen molar-refractivity contribution >= 4 is 11.5 Å². The van der Waals surface area contributed by atoms with E-state index in [9.17, 15) is 0 Å². The van der Waals surface area contributed by atoms with E-state index in [0.29, 0.717) is 12.5 Å². The van der Waals surface area contributed by atoms with Crippen LogP contribution in [0.15, 0.2) is 18.3 Å². The molecule has 1 saturated carbocycles. The highest BCUT2D eigenvalue weighted by molar-refractivity contribution is 5.45. The van der Waals surface area contributed by atoms with E-state index in [1.54, 1.807) is 0 Å². The molecule has 0 saturated heterocycles. The molecule has 4 rings (SSSR count). The number of hydrogen-bond donors (Lipinski definition) is 1. The quantitative estimate of drug-likeness (QED) is 0.788. The molecule has 0 unspecified atom stereocenters. The average Bonchev–Trinajstić information content (AvgIpc) is 3.18. The van der Waals surface area contributed by atoms with Gasteiger partial charge in [0.05, 0.1) is 6.20 Å². The van der Waals surface area contributed by atoms with Crippen LogP contribution >= 0.6 is 0 Å². The molecule has 0 atom stereocenters. The topological polar surface area (TPSA) is 72.9 Å². The molecule has 1 N–H and O–H groups in total. The molecule has 3 aromatic heterocycles. The van der Waals surface area contributed by atoms with Crippen molar-refractivity contribution in [1.29, 1.82) is 0 Å². The third-order valence-electron chi connectivity index (χ3n) is 4.03. The second-order valence-electron chi connectivity index (χ2n) is 5.55. The lowest BCUT2D eigenvalue weighted by Crippen LogP contribution is -2.06. The summed E-state index contributed by atoms with van der Waals surface area (Å²) in [5.74, 6) is 2.34. The Morgan fingerprint density at radius 1 is 1.29 bits per heavy atom. The molecule has 0 amide bonds. The Morgan fingerprint density at radius 2 is 2.14 bits per heavy atom. The van der Waals surface area contributed by atoms with Crippen LogP contribution in [0.1, 0.15) is 35.8 Å². The van der Waals surface area contributed by atoms with Crippen LogP contribution in [-0.2, 0) is 13.6 Å². The first kappa shape index (κ1) is 12.3. The third kappa shape index (κ3) is 2.14. The fraction of sp³-hybridized carbons (Fsp3) is 0.429. The molecule has 108 valence electrons. The molecule has 0 bridgehead atoms.